The van der Waals surface area contributed by atoms with Gasteiger partial charge in [-0.15, -0.1) is 0 Å². The fourth-order valence-electron chi connectivity index (χ4n) is 3.08. The van der Waals surface area contributed by atoms with Crippen LogP contribution >= 0.6 is 7.14 Å². The molecule has 0 bridgehead atoms. The van der Waals surface area contributed by atoms with Crippen molar-refractivity contribution < 1.29 is 9.36 Å². The SMILES string of the molecule is CCCCC(CCC=O)P(=O)(c1ccccc1)c1ccccc1. The highest BCUT2D eigenvalue weighted by Crippen LogP contribution is 2.52. The van der Waals surface area contributed by atoms with E-state index in [4.69, 9.17) is 0 Å². The number of rotatable bonds is 9. The predicted octanol–water partition coefficient (Wildman–Crippen LogP) is 4.54. The third kappa shape index (κ3) is 4.20. The Kier molecular flexibility index (Phi) is 6.80. The molecule has 0 aromatic heterocycles. The van der Waals surface area contributed by atoms with E-state index in [0.717, 1.165) is 36.2 Å². The van der Waals surface area contributed by atoms with Gasteiger partial charge < -0.3 is 9.36 Å². The van der Waals surface area contributed by atoms with Crippen LogP contribution in [0.5, 0.6) is 0 Å². The zero-order valence-corrected chi connectivity index (χ0v) is 14.6. The lowest BCUT2D eigenvalue weighted by Crippen LogP contribution is -2.26. The van der Waals surface area contributed by atoms with Crippen LogP contribution in [0.4, 0.5) is 0 Å². The van der Waals surface area contributed by atoms with Gasteiger partial charge in [0, 0.05) is 22.7 Å². The molecule has 0 aliphatic heterocycles. The molecule has 0 saturated heterocycles. The molecule has 1 atom stereocenters. The van der Waals surface area contributed by atoms with E-state index >= 15 is 0 Å². The Bertz CT molecular complexity index is 594. The van der Waals surface area contributed by atoms with Gasteiger partial charge in [-0.2, -0.15) is 0 Å². The van der Waals surface area contributed by atoms with Crippen LogP contribution in [0, 0.1) is 0 Å². The molecule has 0 spiro atoms. The van der Waals surface area contributed by atoms with Gasteiger partial charge in [-0.05, 0) is 12.8 Å². The van der Waals surface area contributed by atoms with E-state index in [2.05, 4.69) is 6.92 Å². The van der Waals surface area contributed by atoms with Crippen LogP contribution in [0.2, 0.25) is 0 Å². The second-order valence-electron chi connectivity index (χ2n) is 5.87. The summed E-state index contributed by atoms with van der Waals surface area (Å²) in [5.74, 6) is 0. The monoisotopic (exact) mass is 328 g/mol. The molecule has 0 saturated carbocycles. The predicted molar refractivity (Wildman–Crippen MR) is 98.4 cm³/mol. The summed E-state index contributed by atoms with van der Waals surface area (Å²) in [7, 11) is -2.75. The maximum Gasteiger partial charge on any atom is 0.146 e. The van der Waals surface area contributed by atoms with Gasteiger partial charge >= 0.3 is 0 Å². The molecule has 2 rings (SSSR count). The molecule has 3 heteroatoms. The fourth-order valence-corrected chi connectivity index (χ4v) is 6.51. The topological polar surface area (TPSA) is 34.1 Å². The van der Waals surface area contributed by atoms with Gasteiger partial charge in [-0.3, -0.25) is 0 Å². The number of carbonyl (C=O) groups excluding carboxylic acids is 1. The Morgan fingerprint density at radius 3 is 1.87 bits per heavy atom. The van der Waals surface area contributed by atoms with Crippen molar-refractivity contribution in [3.63, 3.8) is 0 Å². The smallest absolute Gasteiger partial charge is 0.146 e. The van der Waals surface area contributed by atoms with Gasteiger partial charge in [0.1, 0.15) is 13.4 Å². The van der Waals surface area contributed by atoms with Crippen LogP contribution < -0.4 is 10.6 Å². The Balaban J connectivity index is 2.50. The van der Waals surface area contributed by atoms with E-state index in [-0.39, 0.29) is 5.66 Å². The lowest BCUT2D eigenvalue weighted by Gasteiger charge is -2.28. The molecule has 0 aliphatic rings. The minimum Gasteiger partial charge on any atom is -0.313 e. The van der Waals surface area contributed by atoms with Crippen molar-refractivity contribution in [1.29, 1.82) is 0 Å². The molecular weight excluding hydrogens is 303 g/mol. The quantitative estimate of drug-likeness (QED) is 0.500. The maximum absolute atomic E-state index is 14.2. The number of hydrogen-bond acceptors (Lipinski definition) is 2. The van der Waals surface area contributed by atoms with Crippen molar-refractivity contribution in [1.82, 2.24) is 0 Å². The Morgan fingerprint density at radius 1 is 0.913 bits per heavy atom. The first-order chi connectivity index (χ1) is 11.2. The molecule has 0 radical (unpaired) electrons. The highest BCUT2D eigenvalue weighted by Gasteiger charge is 2.35. The minimum absolute atomic E-state index is 0.0254. The lowest BCUT2D eigenvalue weighted by molar-refractivity contribution is -0.107. The number of carbonyl (C=O) groups is 1. The molecule has 0 fully saturated rings. The fraction of sp³-hybridized carbons (Fsp3) is 0.350. The highest BCUT2D eigenvalue weighted by atomic mass is 31.2. The van der Waals surface area contributed by atoms with Crippen molar-refractivity contribution in [2.75, 3.05) is 0 Å². The van der Waals surface area contributed by atoms with Crippen molar-refractivity contribution in [2.45, 2.75) is 44.7 Å². The molecule has 0 amide bonds. The van der Waals surface area contributed by atoms with Crippen LogP contribution in [0.3, 0.4) is 0 Å². The number of benzene rings is 2. The first kappa shape index (κ1) is 17.7. The van der Waals surface area contributed by atoms with Crippen LogP contribution in [-0.2, 0) is 9.36 Å². The van der Waals surface area contributed by atoms with Gasteiger partial charge in [0.05, 0.1) is 0 Å². The highest BCUT2D eigenvalue weighted by molar-refractivity contribution is 7.79. The van der Waals surface area contributed by atoms with Crippen molar-refractivity contribution in [3.05, 3.63) is 60.7 Å². The van der Waals surface area contributed by atoms with Gasteiger partial charge in [0.15, 0.2) is 0 Å². The molecule has 0 N–H and O–H groups in total. The summed E-state index contributed by atoms with van der Waals surface area (Å²) < 4.78 is 14.2. The lowest BCUT2D eigenvalue weighted by atomic mass is 10.1. The Labute approximate surface area is 139 Å². The third-order valence-corrected chi connectivity index (χ3v) is 7.98. The molecule has 2 aromatic rings. The second kappa shape index (κ2) is 8.84. The molecule has 23 heavy (non-hydrogen) atoms. The Hall–Kier alpha value is -1.66. The normalized spacial score (nSPS) is 12.7. The number of aldehydes is 1. The summed E-state index contributed by atoms with van der Waals surface area (Å²) in [6.45, 7) is 2.15. The molecular formula is C20H25O2P. The first-order valence-corrected chi connectivity index (χ1v) is 10.2. The van der Waals surface area contributed by atoms with Crippen molar-refractivity contribution in [3.8, 4) is 0 Å². The summed E-state index contributed by atoms with van der Waals surface area (Å²) in [6.07, 6.45) is 5.10. The second-order valence-corrected chi connectivity index (χ2v) is 8.95. The molecule has 0 heterocycles. The standard InChI is InChI=1S/C20H25O2P/c1-2-3-11-18(16-10-17-21)23(22,19-12-6-4-7-13-19)20-14-8-5-9-15-20/h4-9,12-15,17-18H,2-3,10-11,16H2,1H3. The zero-order chi connectivity index (χ0) is 16.5. The van der Waals surface area contributed by atoms with Crippen molar-refractivity contribution >= 4 is 24.0 Å². The number of unbranched alkanes of at least 4 members (excludes halogenated alkanes) is 1. The summed E-state index contributed by atoms with van der Waals surface area (Å²) in [5, 5.41) is 1.80. The number of hydrogen-bond donors (Lipinski definition) is 0. The average molecular weight is 328 g/mol. The summed E-state index contributed by atoms with van der Waals surface area (Å²) >= 11 is 0. The van der Waals surface area contributed by atoms with Gasteiger partial charge in [-0.25, -0.2) is 0 Å². The molecule has 2 aromatic carbocycles. The van der Waals surface area contributed by atoms with Crippen molar-refractivity contribution in [2.24, 2.45) is 0 Å². The molecule has 0 aliphatic carbocycles. The van der Waals surface area contributed by atoms with Gasteiger partial charge in [0.25, 0.3) is 0 Å². The van der Waals surface area contributed by atoms with Crippen LogP contribution in [0.1, 0.15) is 39.0 Å². The van der Waals surface area contributed by atoms with E-state index in [1.807, 2.05) is 60.7 Å². The minimum atomic E-state index is -2.75. The molecule has 122 valence electrons. The molecule has 1 unspecified atom stereocenters. The Morgan fingerprint density at radius 2 is 1.43 bits per heavy atom. The van der Waals surface area contributed by atoms with E-state index in [0.29, 0.717) is 12.8 Å². The van der Waals surface area contributed by atoms with E-state index < -0.39 is 7.14 Å². The first-order valence-electron chi connectivity index (χ1n) is 8.38. The van der Waals surface area contributed by atoms with E-state index in [1.165, 1.54) is 0 Å². The van der Waals surface area contributed by atoms with Gasteiger partial charge in [0.2, 0.25) is 0 Å². The summed E-state index contributed by atoms with van der Waals surface area (Å²) in [6, 6.07) is 19.5. The third-order valence-electron chi connectivity index (χ3n) is 4.30. The maximum atomic E-state index is 14.2. The van der Waals surface area contributed by atoms with Gasteiger partial charge in [-0.1, -0.05) is 80.4 Å². The average Bonchev–Trinajstić information content (AvgIpc) is 2.62. The summed E-state index contributed by atoms with van der Waals surface area (Å²) in [5.41, 5.74) is 0.0254. The van der Waals surface area contributed by atoms with Crippen LogP contribution in [0.15, 0.2) is 60.7 Å². The summed E-state index contributed by atoms with van der Waals surface area (Å²) in [4.78, 5) is 10.9. The molecule has 2 nitrogen and oxygen atoms in total. The van der Waals surface area contributed by atoms with E-state index in [9.17, 15) is 9.36 Å². The zero-order valence-electron chi connectivity index (χ0n) is 13.7. The van der Waals surface area contributed by atoms with E-state index in [1.54, 1.807) is 0 Å². The largest absolute Gasteiger partial charge is 0.313 e. The van der Waals surface area contributed by atoms with Crippen LogP contribution in [-0.4, -0.2) is 11.9 Å². The van der Waals surface area contributed by atoms with Crippen LogP contribution in [0.25, 0.3) is 0 Å².